The summed E-state index contributed by atoms with van der Waals surface area (Å²) in [7, 11) is -3.81. The van der Waals surface area contributed by atoms with Gasteiger partial charge in [0.15, 0.2) is 0 Å². The van der Waals surface area contributed by atoms with Gasteiger partial charge in [0.25, 0.3) is 15.7 Å². The maximum atomic E-state index is 12.3. The summed E-state index contributed by atoms with van der Waals surface area (Å²) < 4.78 is 26.9. The number of nitrogens with zero attached hydrogens (tertiary/aromatic N) is 2. The highest BCUT2D eigenvalue weighted by molar-refractivity contribution is 7.92. The van der Waals surface area contributed by atoms with E-state index in [0.717, 1.165) is 17.5 Å². The Bertz CT molecular complexity index is 948. The molecule has 0 saturated carbocycles. The van der Waals surface area contributed by atoms with Crippen molar-refractivity contribution in [3.8, 4) is 0 Å². The van der Waals surface area contributed by atoms with Gasteiger partial charge in [-0.25, -0.2) is 8.42 Å². The van der Waals surface area contributed by atoms with E-state index in [-0.39, 0.29) is 10.6 Å². The summed E-state index contributed by atoms with van der Waals surface area (Å²) in [5, 5.41) is 18.0. The minimum Gasteiger partial charge on any atom is -0.280 e. The maximum absolute atomic E-state index is 12.3. The van der Waals surface area contributed by atoms with E-state index in [1.807, 2.05) is 0 Å². The zero-order valence-electron chi connectivity index (χ0n) is 11.1. The predicted octanol–water partition coefficient (Wildman–Crippen LogP) is 2.27. The van der Waals surface area contributed by atoms with Crippen LogP contribution in [0.2, 0.25) is 0 Å². The summed E-state index contributed by atoms with van der Waals surface area (Å²) in [6, 6.07) is 9.63. The number of nitro groups is 1. The third-order valence-electron chi connectivity index (χ3n) is 3.05. The highest BCUT2D eigenvalue weighted by atomic mass is 32.2. The zero-order chi connectivity index (χ0) is 15.7. The first-order valence-electron chi connectivity index (χ1n) is 6.16. The molecule has 0 aliphatic carbocycles. The first-order chi connectivity index (χ1) is 10.5. The van der Waals surface area contributed by atoms with Gasteiger partial charge < -0.3 is 0 Å². The molecule has 0 atom stereocenters. The Balaban J connectivity index is 1.90. The fourth-order valence-corrected chi connectivity index (χ4v) is 3.01. The van der Waals surface area contributed by atoms with Crippen molar-refractivity contribution in [3.05, 3.63) is 58.8 Å². The second-order valence-electron chi connectivity index (χ2n) is 4.53. The first kappa shape index (κ1) is 14.0. The molecule has 2 N–H and O–H groups in total. The highest BCUT2D eigenvalue weighted by Crippen LogP contribution is 2.21. The summed E-state index contributed by atoms with van der Waals surface area (Å²) in [5.41, 5.74) is 0.900. The van der Waals surface area contributed by atoms with Gasteiger partial charge in [-0.15, -0.1) is 0 Å². The molecule has 8 nitrogen and oxygen atoms in total. The van der Waals surface area contributed by atoms with E-state index in [1.165, 1.54) is 12.1 Å². The summed E-state index contributed by atoms with van der Waals surface area (Å²) in [4.78, 5) is 9.94. The number of nitro benzene ring substituents is 1. The SMILES string of the molecule is O=[N+]([O-])c1ccc(S(=O)(=O)Nc2ccc3cn[nH]c3c2)cc1. The predicted molar refractivity (Wildman–Crippen MR) is 80.0 cm³/mol. The standard InChI is InChI=1S/C13H10N4O4S/c18-17(19)11-3-5-12(6-4-11)22(20,21)16-10-2-1-9-8-14-15-13(9)7-10/h1-8,16H,(H,14,15). The molecule has 0 amide bonds. The van der Waals surface area contributed by atoms with Crippen molar-refractivity contribution in [2.45, 2.75) is 4.90 Å². The molecule has 0 aliphatic rings. The van der Waals surface area contributed by atoms with Crippen LogP contribution in [0, 0.1) is 10.1 Å². The fraction of sp³-hybridized carbons (Fsp3) is 0. The number of aromatic amines is 1. The smallest absolute Gasteiger partial charge is 0.269 e. The van der Waals surface area contributed by atoms with Crippen LogP contribution in [0.5, 0.6) is 0 Å². The van der Waals surface area contributed by atoms with Gasteiger partial charge in [0.1, 0.15) is 0 Å². The topological polar surface area (TPSA) is 118 Å². The summed E-state index contributed by atoms with van der Waals surface area (Å²) in [6.45, 7) is 0. The van der Waals surface area contributed by atoms with Crippen LogP contribution in [0.15, 0.2) is 53.6 Å². The summed E-state index contributed by atoms with van der Waals surface area (Å²) in [5.74, 6) is 0. The molecule has 3 rings (SSSR count). The highest BCUT2D eigenvalue weighted by Gasteiger charge is 2.16. The lowest BCUT2D eigenvalue weighted by molar-refractivity contribution is -0.384. The Morgan fingerprint density at radius 1 is 1.14 bits per heavy atom. The van der Waals surface area contributed by atoms with Crippen molar-refractivity contribution in [2.24, 2.45) is 0 Å². The zero-order valence-corrected chi connectivity index (χ0v) is 11.9. The van der Waals surface area contributed by atoms with E-state index in [0.29, 0.717) is 11.2 Å². The lowest BCUT2D eigenvalue weighted by Gasteiger charge is -2.08. The van der Waals surface area contributed by atoms with Gasteiger partial charge in [0.2, 0.25) is 0 Å². The molecule has 2 aromatic carbocycles. The molecule has 0 fully saturated rings. The quantitative estimate of drug-likeness (QED) is 0.565. The Kier molecular flexibility index (Phi) is 3.26. The fourth-order valence-electron chi connectivity index (χ4n) is 1.96. The molecule has 1 heterocycles. The number of rotatable bonds is 4. The molecule has 3 aromatic rings. The van der Waals surface area contributed by atoms with Crippen molar-refractivity contribution in [1.29, 1.82) is 0 Å². The Morgan fingerprint density at radius 3 is 2.55 bits per heavy atom. The van der Waals surface area contributed by atoms with E-state index in [9.17, 15) is 18.5 Å². The molecular formula is C13H10N4O4S. The number of nitrogens with one attached hydrogen (secondary N) is 2. The summed E-state index contributed by atoms with van der Waals surface area (Å²) >= 11 is 0. The number of H-pyrrole nitrogens is 1. The molecule has 0 spiro atoms. The van der Waals surface area contributed by atoms with Crippen LogP contribution in [0.25, 0.3) is 10.9 Å². The van der Waals surface area contributed by atoms with Gasteiger partial charge in [0, 0.05) is 17.5 Å². The van der Waals surface area contributed by atoms with E-state index < -0.39 is 14.9 Å². The van der Waals surface area contributed by atoms with Crippen LogP contribution in [0.1, 0.15) is 0 Å². The van der Waals surface area contributed by atoms with Gasteiger partial charge in [0.05, 0.1) is 27.2 Å². The van der Waals surface area contributed by atoms with Gasteiger partial charge in [-0.05, 0) is 30.3 Å². The normalized spacial score (nSPS) is 11.5. The molecule has 0 aliphatic heterocycles. The average Bonchev–Trinajstić information content (AvgIpc) is 2.94. The number of hydrogen-bond acceptors (Lipinski definition) is 5. The van der Waals surface area contributed by atoms with Gasteiger partial charge in [-0.2, -0.15) is 5.10 Å². The van der Waals surface area contributed by atoms with Crippen LogP contribution >= 0.6 is 0 Å². The van der Waals surface area contributed by atoms with Crippen molar-refractivity contribution >= 4 is 32.3 Å². The van der Waals surface area contributed by atoms with Crippen molar-refractivity contribution in [3.63, 3.8) is 0 Å². The first-order valence-corrected chi connectivity index (χ1v) is 7.64. The van der Waals surface area contributed by atoms with Crippen molar-refractivity contribution < 1.29 is 13.3 Å². The molecule has 0 bridgehead atoms. The monoisotopic (exact) mass is 318 g/mol. The molecule has 22 heavy (non-hydrogen) atoms. The molecular weight excluding hydrogens is 308 g/mol. The molecule has 0 unspecified atom stereocenters. The van der Waals surface area contributed by atoms with E-state index in [1.54, 1.807) is 24.4 Å². The summed E-state index contributed by atoms with van der Waals surface area (Å²) in [6.07, 6.45) is 1.63. The van der Waals surface area contributed by atoms with Crippen molar-refractivity contribution in [2.75, 3.05) is 4.72 Å². The van der Waals surface area contributed by atoms with Crippen LogP contribution < -0.4 is 4.72 Å². The van der Waals surface area contributed by atoms with Gasteiger partial charge in [-0.3, -0.25) is 19.9 Å². The number of non-ortho nitro benzene ring substituents is 1. The van der Waals surface area contributed by atoms with Gasteiger partial charge in [-0.1, -0.05) is 0 Å². The van der Waals surface area contributed by atoms with E-state index in [2.05, 4.69) is 14.9 Å². The molecule has 112 valence electrons. The minimum absolute atomic E-state index is 0.0530. The average molecular weight is 318 g/mol. The number of aromatic nitrogens is 2. The van der Waals surface area contributed by atoms with Crippen molar-refractivity contribution in [1.82, 2.24) is 10.2 Å². The number of fused-ring (bicyclic) bond motifs is 1. The van der Waals surface area contributed by atoms with E-state index in [4.69, 9.17) is 0 Å². The Hall–Kier alpha value is -2.94. The van der Waals surface area contributed by atoms with Crippen LogP contribution in [0.3, 0.4) is 0 Å². The lowest BCUT2D eigenvalue weighted by Crippen LogP contribution is -2.12. The molecule has 0 radical (unpaired) electrons. The van der Waals surface area contributed by atoms with Crippen LogP contribution in [-0.2, 0) is 10.0 Å². The maximum Gasteiger partial charge on any atom is 0.269 e. The molecule has 0 saturated heterocycles. The Morgan fingerprint density at radius 2 is 1.86 bits per heavy atom. The van der Waals surface area contributed by atoms with Gasteiger partial charge >= 0.3 is 0 Å². The third-order valence-corrected chi connectivity index (χ3v) is 4.45. The van der Waals surface area contributed by atoms with Crippen LogP contribution in [0.4, 0.5) is 11.4 Å². The number of hydrogen-bond donors (Lipinski definition) is 2. The largest absolute Gasteiger partial charge is 0.280 e. The van der Waals surface area contributed by atoms with E-state index >= 15 is 0 Å². The van der Waals surface area contributed by atoms with Crippen LogP contribution in [-0.4, -0.2) is 23.5 Å². The number of sulfonamides is 1. The Labute approximate surface area is 125 Å². The molecule has 9 heteroatoms. The number of anilines is 1. The number of benzene rings is 2. The minimum atomic E-state index is -3.81. The molecule has 1 aromatic heterocycles. The third kappa shape index (κ3) is 2.61. The second-order valence-corrected chi connectivity index (χ2v) is 6.21. The lowest BCUT2D eigenvalue weighted by atomic mass is 10.2. The second kappa shape index (κ2) is 5.11.